The SMILES string of the molecule is COc1ccc(C(=O)N2C[C@H](O)C[C@H]2c2cc(F)ccc2F)cc1. The molecule has 2 atom stereocenters. The highest BCUT2D eigenvalue weighted by Crippen LogP contribution is 2.35. The van der Waals surface area contributed by atoms with Crippen LogP contribution in [0.5, 0.6) is 5.75 Å². The maximum absolute atomic E-state index is 14.1. The second-order valence-electron chi connectivity index (χ2n) is 5.76. The highest BCUT2D eigenvalue weighted by atomic mass is 19.1. The molecule has 1 saturated heterocycles. The number of hydrogen-bond acceptors (Lipinski definition) is 3. The summed E-state index contributed by atoms with van der Waals surface area (Å²) < 4.78 is 32.6. The summed E-state index contributed by atoms with van der Waals surface area (Å²) in [4.78, 5) is 14.1. The van der Waals surface area contributed by atoms with Gasteiger partial charge in [0.05, 0.1) is 19.3 Å². The Morgan fingerprint density at radius 3 is 2.58 bits per heavy atom. The Kier molecular flexibility index (Phi) is 4.49. The van der Waals surface area contributed by atoms with Gasteiger partial charge < -0.3 is 14.7 Å². The van der Waals surface area contributed by atoms with Crippen LogP contribution in [0.2, 0.25) is 0 Å². The highest BCUT2D eigenvalue weighted by Gasteiger charge is 2.37. The molecule has 1 amide bonds. The van der Waals surface area contributed by atoms with Crippen molar-refractivity contribution in [3.8, 4) is 5.75 Å². The Bertz CT molecular complexity index is 748. The number of nitrogens with zero attached hydrogens (tertiary/aromatic N) is 1. The van der Waals surface area contributed by atoms with E-state index < -0.39 is 23.8 Å². The van der Waals surface area contributed by atoms with Gasteiger partial charge in [0.15, 0.2) is 0 Å². The number of ether oxygens (including phenoxy) is 1. The van der Waals surface area contributed by atoms with Crippen molar-refractivity contribution in [1.82, 2.24) is 4.90 Å². The average molecular weight is 333 g/mol. The third kappa shape index (κ3) is 3.10. The molecule has 4 nitrogen and oxygen atoms in total. The van der Waals surface area contributed by atoms with Crippen molar-refractivity contribution in [2.75, 3.05) is 13.7 Å². The molecule has 2 aromatic carbocycles. The predicted molar refractivity (Wildman–Crippen MR) is 83.8 cm³/mol. The minimum atomic E-state index is -0.778. The van der Waals surface area contributed by atoms with Crippen molar-refractivity contribution in [3.63, 3.8) is 0 Å². The van der Waals surface area contributed by atoms with Gasteiger partial charge in [-0.3, -0.25) is 4.79 Å². The van der Waals surface area contributed by atoms with Crippen LogP contribution in [0, 0.1) is 11.6 Å². The lowest BCUT2D eigenvalue weighted by atomic mass is 10.0. The summed E-state index contributed by atoms with van der Waals surface area (Å²) in [6.07, 6.45) is -0.609. The van der Waals surface area contributed by atoms with Crippen LogP contribution in [0.1, 0.15) is 28.4 Å². The van der Waals surface area contributed by atoms with Crippen LogP contribution in [-0.4, -0.2) is 35.7 Å². The summed E-state index contributed by atoms with van der Waals surface area (Å²) in [6.45, 7) is 0.0749. The van der Waals surface area contributed by atoms with E-state index in [2.05, 4.69) is 0 Å². The Hall–Kier alpha value is -2.47. The number of β-amino-alcohol motifs (C(OH)–C–C–N with tert-alkyl or cyclic N) is 1. The third-order valence-corrected chi connectivity index (χ3v) is 4.19. The molecule has 2 aromatic rings. The molecule has 1 fully saturated rings. The van der Waals surface area contributed by atoms with E-state index >= 15 is 0 Å². The Morgan fingerprint density at radius 2 is 1.92 bits per heavy atom. The zero-order chi connectivity index (χ0) is 17.3. The number of likely N-dealkylation sites (tertiary alicyclic amines) is 1. The van der Waals surface area contributed by atoms with Gasteiger partial charge in [-0.25, -0.2) is 8.78 Å². The van der Waals surface area contributed by atoms with Crippen molar-refractivity contribution in [2.24, 2.45) is 0 Å². The molecule has 0 spiro atoms. The van der Waals surface area contributed by atoms with Gasteiger partial charge in [0.2, 0.25) is 0 Å². The molecule has 0 aromatic heterocycles. The van der Waals surface area contributed by atoms with Gasteiger partial charge >= 0.3 is 0 Å². The van der Waals surface area contributed by atoms with Crippen molar-refractivity contribution in [3.05, 3.63) is 65.2 Å². The molecule has 6 heteroatoms. The first kappa shape index (κ1) is 16.4. The molecule has 0 radical (unpaired) electrons. The summed E-state index contributed by atoms with van der Waals surface area (Å²) in [7, 11) is 1.52. The summed E-state index contributed by atoms with van der Waals surface area (Å²) in [6, 6.07) is 8.94. The van der Waals surface area contributed by atoms with Crippen LogP contribution < -0.4 is 4.74 Å². The Labute approximate surface area is 138 Å². The number of rotatable bonds is 3. The first-order valence-corrected chi connectivity index (χ1v) is 7.57. The maximum atomic E-state index is 14.1. The Balaban J connectivity index is 1.92. The molecule has 0 aliphatic carbocycles. The fourth-order valence-corrected chi connectivity index (χ4v) is 3.00. The summed E-state index contributed by atoms with van der Waals surface area (Å²) >= 11 is 0. The van der Waals surface area contributed by atoms with E-state index in [1.165, 1.54) is 12.0 Å². The number of amides is 1. The summed E-state index contributed by atoms with van der Waals surface area (Å²) in [5.74, 6) is -0.906. The molecule has 0 saturated carbocycles. The molecule has 1 N–H and O–H groups in total. The molecule has 0 unspecified atom stereocenters. The molecular formula is C18H17F2NO3. The van der Waals surface area contributed by atoms with E-state index in [-0.39, 0.29) is 24.4 Å². The molecule has 1 aliphatic rings. The molecule has 0 bridgehead atoms. The van der Waals surface area contributed by atoms with Gasteiger partial charge in [0, 0.05) is 17.7 Å². The lowest BCUT2D eigenvalue weighted by Crippen LogP contribution is -2.32. The molecule has 1 heterocycles. The number of benzene rings is 2. The lowest BCUT2D eigenvalue weighted by molar-refractivity contribution is 0.0713. The molecular weight excluding hydrogens is 316 g/mol. The van der Waals surface area contributed by atoms with Gasteiger partial charge in [-0.1, -0.05) is 0 Å². The van der Waals surface area contributed by atoms with E-state index in [4.69, 9.17) is 4.74 Å². The number of hydrogen-bond donors (Lipinski definition) is 1. The predicted octanol–water partition coefficient (Wildman–Crippen LogP) is 2.92. The zero-order valence-corrected chi connectivity index (χ0v) is 13.1. The molecule has 126 valence electrons. The summed E-state index contributed by atoms with van der Waals surface area (Å²) in [5, 5.41) is 9.94. The number of halogens is 2. The quantitative estimate of drug-likeness (QED) is 0.940. The van der Waals surface area contributed by atoms with Crippen LogP contribution in [0.3, 0.4) is 0 Å². The van der Waals surface area contributed by atoms with Gasteiger partial charge in [0.1, 0.15) is 17.4 Å². The molecule has 3 rings (SSSR count). The maximum Gasteiger partial charge on any atom is 0.254 e. The fourth-order valence-electron chi connectivity index (χ4n) is 3.00. The minimum absolute atomic E-state index is 0.0749. The fraction of sp³-hybridized carbons (Fsp3) is 0.278. The third-order valence-electron chi connectivity index (χ3n) is 4.19. The minimum Gasteiger partial charge on any atom is -0.497 e. The van der Waals surface area contributed by atoms with E-state index in [1.807, 2.05) is 0 Å². The number of carbonyl (C=O) groups excluding carboxylic acids is 1. The van der Waals surface area contributed by atoms with Crippen LogP contribution in [0.15, 0.2) is 42.5 Å². The average Bonchev–Trinajstić information content (AvgIpc) is 2.98. The number of aliphatic hydroxyl groups excluding tert-OH is 1. The van der Waals surface area contributed by atoms with Crippen molar-refractivity contribution >= 4 is 5.91 Å². The van der Waals surface area contributed by atoms with E-state index in [0.717, 1.165) is 18.2 Å². The molecule has 1 aliphatic heterocycles. The second kappa shape index (κ2) is 6.57. The van der Waals surface area contributed by atoms with Gasteiger partial charge in [-0.15, -0.1) is 0 Å². The summed E-state index contributed by atoms with van der Waals surface area (Å²) in [5.41, 5.74) is 0.472. The highest BCUT2D eigenvalue weighted by molar-refractivity contribution is 5.94. The zero-order valence-electron chi connectivity index (χ0n) is 13.1. The van der Waals surface area contributed by atoms with E-state index in [1.54, 1.807) is 24.3 Å². The van der Waals surface area contributed by atoms with Crippen LogP contribution in [0.25, 0.3) is 0 Å². The number of methoxy groups -OCH3 is 1. The topological polar surface area (TPSA) is 49.8 Å². The largest absolute Gasteiger partial charge is 0.497 e. The normalized spacial score (nSPS) is 20.2. The van der Waals surface area contributed by atoms with Crippen LogP contribution in [0.4, 0.5) is 8.78 Å². The van der Waals surface area contributed by atoms with Gasteiger partial charge in [-0.05, 0) is 48.9 Å². The van der Waals surface area contributed by atoms with Gasteiger partial charge in [-0.2, -0.15) is 0 Å². The van der Waals surface area contributed by atoms with E-state index in [0.29, 0.717) is 11.3 Å². The number of aliphatic hydroxyl groups is 1. The van der Waals surface area contributed by atoms with Crippen molar-refractivity contribution < 1.29 is 23.4 Å². The van der Waals surface area contributed by atoms with Crippen LogP contribution in [-0.2, 0) is 0 Å². The Morgan fingerprint density at radius 1 is 1.21 bits per heavy atom. The van der Waals surface area contributed by atoms with Crippen LogP contribution >= 0.6 is 0 Å². The smallest absolute Gasteiger partial charge is 0.254 e. The second-order valence-corrected chi connectivity index (χ2v) is 5.76. The first-order chi connectivity index (χ1) is 11.5. The van der Waals surface area contributed by atoms with Crippen molar-refractivity contribution in [1.29, 1.82) is 0 Å². The number of carbonyl (C=O) groups is 1. The first-order valence-electron chi connectivity index (χ1n) is 7.57. The van der Waals surface area contributed by atoms with E-state index in [9.17, 15) is 18.7 Å². The monoisotopic (exact) mass is 333 g/mol. The van der Waals surface area contributed by atoms with Crippen molar-refractivity contribution in [2.45, 2.75) is 18.6 Å². The molecule has 24 heavy (non-hydrogen) atoms. The lowest BCUT2D eigenvalue weighted by Gasteiger charge is -2.25. The standard InChI is InChI=1S/C18H17F2NO3/c1-24-14-5-2-11(3-6-14)18(23)21-10-13(22)9-17(21)15-8-12(19)4-7-16(15)20/h2-8,13,17,22H,9-10H2,1H3/t13-,17+/m1/s1. The van der Waals surface area contributed by atoms with Gasteiger partial charge in [0.25, 0.3) is 5.91 Å².